The zero-order valence-corrected chi connectivity index (χ0v) is 15.5. The Morgan fingerprint density at radius 1 is 1.20 bits per heavy atom. The van der Waals surface area contributed by atoms with Gasteiger partial charge in [0, 0.05) is 26.7 Å². The Balaban J connectivity index is 1.39. The van der Waals surface area contributed by atoms with E-state index in [2.05, 4.69) is 26.2 Å². The Kier molecular flexibility index (Phi) is 5.02. The van der Waals surface area contributed by atoms with E-state index >= 15 is 0 Å². The fraction of sp³-hybridized carbons (Fsp3) is 0.750. The van der Waals surface area contributed by atoms with Crippen molar-refractivity contribution in [3.63, 3.8) is 0 Å². The summed E-state index contributed by atoms with van der Waals surface area (Å²) < 4.78 is 5.74. The molecule has 2 aliphatic heterocycles. The zero-order chi connectivity index (χ0) is 17.1. The third-order valence-corrected chi connectivity index (χ3v) is 6.52. The quantitative estimate of drug-likeness (QED) is 0.673. The maximum absolute atomic E-state index is 5.74. The van der Waals surface area contributed by atoms with Gasteiger partial charge in [-0.25, -0.2) is 0 Å². The predicted octanol–water partition coefficient (Wildman–Crippen LogP) is 3.26. The van der Waals surface area contributed by atoms with Crippen molar-refractivity contribution >= 4 is 5.96 Å². The average molecular weight is 345 g/mol. The van der Waals surface area contributed by atoms with E-state index in [0.717, 1.165) is 24.8 Å². The minimum absolute atomic E-state index is 0.303. The summed E-state index contributed by atoms with van der Waals surface area (Å²) in [6.07, 6.45) is 11.3. The molecule has 1 atom stereocenters. The molecule has 5 heteroatoms. The van der Waals surface area contributed by atoms with E-state index in [1.54, 1.807) is 6.26 Å². The summed E-state index contributed by atoms with van der Waals surface area (Å²) in [5, 5.41) is 3.66. The molecule has 1 unspecified atom stereocenters. The smallest absolute Gasteiger partial charge is 0.193 e. The first kappa shape index (κ1) is 17.0. The number of aliphatic imine (C=N–C) groups is 1. The molecule has 3 heterocycles. The second-order valence-corrected chi connectivity index (χ2v) is 8.08. The van der Waals surface area contributed by atoms with Crippen molar-refractivity contribution < 1.29 is 4.42 Å². The summed E-state index contributed by atoms with van der Waals surface area (Å²) in [5.74, 6) is 2.14. The molecular weight excluding hydrogens is 312 g/mol. The first-order valence-electron chi connectivity index (χ1n) is 10.0. The van der Waals surface area contributed by atoms with Crippen LogP contribution in [0.4, 0.5) is 0 Å². The second kappa shape index (κ2) is 7.40. The summed E-state index contributed by atoms with van der Waals surface area (Å²) in [6, 6.07) is 4.41. The number of likely N-dealkylation sites (tertiary alicyclic amines) is 2. The van der Waals surface area contributed by atoms with E-state index in [0.29, 0.717) is 11.5 Å². The average Bonchev–Trinajstić information content (AvgIpc) is 3.42. The van der Waals surface area contributed by atoms with Crippen LogP contribution in [0.15, 0.2) is 27.8 Å². The van der Waals surface area contributed by atoms with Crippen molar-refractivity contribution in [1.29, 1.82) is 0 Å². The van der Waals surface area contributed by atoms with E-state index in [-0.39, 0.29) is 0 Å². The van der Waals surface area contributed by atoms with Crippen LogP contribution < -0.4 is 5.32 Å². The lowest BCUT2D eigenvalue weighted by molar-refractivity contribution is 0.214. The molecule has 1 aliphatic carbocycles. The Bertz CT molecular complexity index is 571. The number of nitrogens with zero attached hydrogens (tertiary/aromatic N) is 3. The lowest BCUT2D eigenvalue weighted by Crippen LogP contribution is -2.44. The number of furan rings is 1. The van der Waals surface area contributed by atoms with Crippen molar-refractivity contribution in [1.82, 2.24) is 15.1 Å². The maximum Gasteiger partial charge on any atom is 0.193 e. The fourth-order valence-electron chi connectivity index (χ4n) is 5.11. The highest BCUT2D eigenvalue weighted by Crippen LogP contribution is 2.45. The monoisotopic (exact) mass is 344 g/mol. The van der Waals surface area contributed by atoms with Gasteiger partial charge in [-0.15, -0.1) is 0 Å². The van der Waals surface area contributed by atoms with Gasteiger partial charge in [-0.1, -0.05) is 12.8 Å². The fourth-order valence-corrected chi connectivity index (χ4v) is 5.11. The Hall–Kier alpha value is -1.49. The van der Waals surface area contributed by atoms with E-state index in [1.807, 2.05) is 13.1 Å². The largest absolute Gasteiger partial charge is 0.468 e. The lowest BCUT2D eigenvalue weighted by atomic mass is 9.86. The van der Waals surface area contributed by atoms with Gasteiger partial charge in [0.25, 0.3) is 0 Å². The van der Waals surface area contributed by atoms with Crippen LogP contribution in [-0.2, 0) is 0 Å². The Morgan fingerprint density at radius 2 is 2.00 bits per heavy atom. The van der Waals surface area contributed by atoms with Gasteiger partial charge >= 0.3 is 0 Å². The normalized spacial score (nSPS) is 25.2. The summed E-state index contributed by atoms with van der Waals surface area (Å²) in [7, 11) is 1.92. The first-order valence-corrected chi connectivity index (χ1v) is 10.0. The second-order valence-electron chi connectivity index (χ2n) is 8.08. The minimum atomic E-state index is 0.303. The van der Waals surface area contributed by atoms with Crippen LogP contribution in [0.1, 0.15) is 56.7 Å². The molecule has 0 amide bonds. The van der Waals surface area contributed by atoms with Crippen LogP contribution in [0, 0.1) is 5.41 Å². The molecule has 1 aromatic heterocycles. The van der Waals surface area contributed by atoms with Gasteiger partial charge in [-0.2, -0.15) is 0 Å². The molecule has 1 aromatic rings. The summed E-state index contributed by atoms with van der Waals surface area (Å²) in [6.45, 7) is 5.53. The molecule has 1 saturated carbocycles. The van der Waals surface area contributed by atoms with Crippen LogP contribution in [-0.4, -0.2) is 55.5 Å². The number of hydrogen-bond donors (Lipinski definition) is 1. The molecule has 0 bridgehead atoms. The van der Waals surface area contributed by atoms with Crippen LogP contribution in [0.5, 0.6) is 0 Å². The first-order chi connectivity index (χ1) is 12.3. The Labute approximate surface area is 151 Å². The van der Waals surface area contributed by atoms with Gasteiger partial charge in [-0.05, 0) is 62.7 Å². The molecule has 0 aromatic carbocycles. The molecule has 0 radical (unpaired) electrons. The molecule has 3 aliphatic rings. The van der Waals surface area contributed by atoms with Crippen molar-refractivity contribution in [2.75, 3.05) is 39.8 Å². The SMILES string of the molecule is CN=C(NCC(c1ccco1)N1CCCC1)N1CCC2(CCCC2)C1. The molecule has 5 nitrogen and oxygen atoms in total. The minimum Gasteiger partial charge on any atom is -0.468 e. The summed E-state index contributed by atoms with van der Waals surface area (Å²) in [4.78, 5) is 9.61. The third-order valence-electron chi connectivity index (χ3n) is 6.52. The Morgan fingerprint density at radius 3 is 2.68 bits per heavy atom. The molecule has 25 heavy (non-hydrogen) atoms. The zero-order valence-electron chi connectivity index (χ0n) is 15.5. The standard InChI is InChI=1S/C20H32N4O/c1-21-19(24-13-10-20(16-24)8-2-3-9-20)22-15-17(18-7-6-14-25-18)23-11-4-5-12-23/h6-7,14,17H,2-5,8-13,15-16H2,1H3,(H,21,22). The molecule has 4 rings (SSSR count). The molecule has 1 spiro atoms. The van der Waals surface area contributed by atoms with Gasteiger partial charge < -0.3 is 14.6 Å². The number of nitrogens with one attached hydrogen (secondary N) is 1. The highest BCUT2D eigenvalue weighted by Gasteiger charge is 2.41. The highest BCUT2D eigenvalue weighted by atomic mass is 16.3. The molecular formula is C20H32N4O. The van der Waals surface area contributed by atoms with Gasteiger partial charge in [0.05, 0.1) is 12.3 Å². The molecule has 3 fully saturated rings. The van der Waals surface area contributed by atoms with Gasteiger partial charge in [0.1, 0.15) is 5.76 Å². The van der Waals surface area contributed by atoms with E-state index < -0.39 is 0 Å². The summed E-state index contributed by atoms with van der Waals surface area (Å²) >= 11 is 0. The van der Waals surface area contributed by atoms with Crippen LogP contribution in [0.25, 0.3) is 0 Å². The van der Waals surface area contributed by atoms with Crippen molar-refractivity contribution in [2.45, 2.75) is 51.0 Å². The third kappa shape index (κ3) is 3.57. The van der Waals surface area contributed by atoms with Crippen LogP contribution >= 0.6 is 0 Å². The molecule has 138 valence electrons. The number of rotatable bonds is 4. The van der Waals surface area contributed by atoms with Gasteiger partial charge in [-0.3, -0.25) is 9.89 Å². The molecule has 1 N–H and O–H groups in total. The molecule has 2 saturated heterocycles. The van der Waals surface area contributed by atoms with Crippen molar-refractivity contribution in [2.24, 2.45) is 10.4 Å². The van der Waals surface area contributed by atoms with E-state index in [1.165, 1.54) is 64.6 Å². The van der Waals surface area contributed by atoms with Crippen LogP contribution in [0.2, 0.25) is 0 Å². The van der Waals surface area contributed by atoms with Crippen molar-refractivity contribution in [3.05, 3.63) is 24.2 Å². The lowest BCUT2D eigenvalue weighted by Gasteiger charge is -2.29. The van der Waals surface area contributed by atoms with Crippen LogP contribution in [0.3, 0.4) is 0 Å². The predicted molar refractivity (Wildman–Crippen MR) is 101 cm³/mol. The van der Waals surface area contributed by atoms with E-state index in [4.69, 9.17) is 4.42 Å². The number of hydrogen-bond acceptors (Lipinski definition) is 3. The summed E-state index contributed by atoms with van der Waals surface area (Å²) in [5.41, 5.74) is 0.576. The van der Waals surface area contributed by atoms with Crippen molar-refractivity contribution in [3.8, 4) is 0 Å². The topological polar surface area (TPSA) is 44.0 Å². The van der Waals surface area contributed by atoms with E-state index in [9.17, 15) is 0 Å². The van der Waals surface area contributed by atoms with Gasteiger partial charge in [0.2, 0.25) is 0 Å². The maximum atomic E-state index is 5.74. The highest BCUT2D eigenvalue weighted by molar-refractivity contribution is 5.80. The number of guanidine groups is 1. The van der Waals surface area contributed by atoms with Gasteiger partial charge in [0.15, 0.2) is 5.96 Å².